The molecule has 4 nitrogen and oxygen atoms in total. The standard InChI is InChI=1S/C28H44Cl2O4/c1-2-3-4-5-6-7-8-9-10-11-12-13-14-15-21-33-27(31)17-16-18-28(32)34-23-24-19-20-25(29)22-26(24)30/h19-20,22H,2-18,21,23H2,1H3. The van der Waals surface area contributed by atoms with Crippen molar-refractivity contribution >= 4 is 35.1 Å². The van der Waals surface area contributed by atoms with E-state index in [1.807, 2.05) is 0 Å². The lowest BCUT2D eigenvalue weighted by Gasteiger charge is -2.07. The summed E-state index contributed by atoms with van der Waals surface area (Å²) in [6, 6.07) is 5.04. The molecule has 0 aliphatic rings. The second-order valence-electron chi connectivity index (χ2n) is 9.07. The first-order chi connectivity index (χ1) is 16.5. The van der Waals surface area contributed by atoms with Gasteiger partial charge in [-0.25, -0.2) is 0 Å². The molecule has 1 aromatic rings. The first kappa shape index (κ1) is 30.8. The van der Waals surface area contributed by atoms with E-state index in [1.165, 1.54) is 77.0 Å². The normalized spacial score (nSPS) is 10.9. The summed E-state index contributed by atoms with van der Waals surface area (Å²) in [7, 11) is 0. The zero-order chi connectivity index (χ0) is 24.9. The van der Waals surface area contributed by atoms with E-state index in [2.05, 4.69) is 6.92 Å². The molecule has 0 saturated carbocycles. The summed E-state index contributed by atoms with van der Waals surface area (Å²) >= 11 is 11.9. The smallest absolute Gasteiger partial charge is 0.306 e. The van der Waals surface area contributed by atoms with Gasteiger partial charge in [0.15, 0.2) is 0 Å². The fourth-order valence-electron chi connectivity index (χ4n) is 3.80. The highest BCUT2D eigenvalue weighted by Gasteiger charge is 2.09. The van der Waals surface area contributed by atoms with Crippen LogP contribution >= 0.6 is 23.2 Å². The highest BCUT2D eigenvalue weighted by Crippen LogP contribution is 2.21. The Hall–Kier alpha value is -1.26. The topological polar surface area (TPSA) is 52.6 Å². The van der Waals surface area contributed by atoms with E-state index in [-0.39, 0.29) is 31.4 Å². The molecular formula is C28H44Cl2O4. The van der Waals surface area contributed by atoms with Crippen molar-refractivity contribution in [2.45, 2.75) is 123 Å². The van der Waals surface area contributed by atoms with Crippen molar-refractivity contribution in [3.63, 3.8) is 0 Å². The van der Waals surface area contributed by atoms with Crippen LogP contribution < -0.4 is 0 Å². The number of rotatable bonds is 21. The fourth-order valence-corrected chi connectivity index (χ4v) is 4.26. The number of esters is 2. The van der Waals surface area contributed by atoms with Gasteiger partial charge in [-0.05, 0) is 25.0 Å². The summed E-state index contributed by atoms with van der Waals surface area (Å²) in [5, 5.41) is 1.00. The highest BCUT2D eigenvalue weighted by atomic mass is 35.5. The van der Waals surface area contributed by atoms with Crippen LogP contribution in [-0.2, 0) is 25.7 Å². The van der Waals surface area contributed by atoms with Crippen molar-refractivity contribution in [3.05, 3.63) is 33.8 Å². The number of ether oxygens (including phenoxy) is 2. The van der Waals surface area contributed by atoms with Gasteiger partial charge in [-0.1, -0.05) is 120 Å². The zero-order valence-electron chi connectivity index (χ0n) is 21.1. The number of carbonyl (C=O) groups is 2. The van der Waals surface area contributed by atoms with Gasteiger partial charge in [0.25, 0.3) is 0 Å². The summed E-state index contributed by atoms with van der Waals surface area (Å²) in [6.45, 7) is 2.83. The van der Waals surface area contributed by atoms with E-state index in [0.717, 1.165) is 12.8 Å². The maximum absolute atomic E-state index is 11.8. The Bertz CT molecular complexity index is 678. The lowest BCUT2D eigenvalue weighted by molar-refractivity contribution is -0.146. The average Bonchev–Trinajstić information content (AvgIpc) is 2.81. The van der Waals surface area contributed by atoms with Crippen LogP contribution in [0, 0.1) is 0 Å². The molecule has 0 unspecified atom stereocenters. The lowest BCUT2D eigenvalue weighted by Crippen LogP contribution is -2.09. The van der Waals surface area contributed by atoms with Gasteiger partial charge in [0.1, 0.15) is 6.61 Å². The maximum atomic E-state index is 11.8. The number of hydrogen-bond acceptors (Lipinski definition) is 4. The summed E-state index contributed by atoms with van der Waals surface area (Å²) in [6.07, 6.45) is 19.1. The molecule has 0 heterocycles. The van der Waals surface area contributed by atoms with Crippen LogP contribution in [0.3, 0.4) is 0 Å². The van der Waals surface area contributed by atoms with Crippen molar-refractivity contribution in [1.29, 1.82) is 0 Å². The third kappa shape index (κ3) is 17.2. The minimum absolute atomic E-state index is 0.0956. The molecule has 0 aliphatic carbocycles. The second-order valence-corrected chi connectivity index (χ2v) is 9.91. The Kier molecular flexibility index (Phi) is 19.1. The molecule has 0 fully saturated rings. The maximum Gasteiger partial charge on any atom is 0.306 e. The van der Waals surface area contributed by atoms with Crippen molar-refractivity contribution < 1.29 is 19.1 Å². The molecule has 0 N–H and O–H groups in total. The summed E-state index contributed by atoms with van der Waals surface area (Å²) in [5.74, 6) is -0.603. The molecule has 0 bridgehead atoms. The summed E-state index contributed by atoms with van der Waals surface area (Å²) in [5.41, 5.74) is 0.701. The molecular weight excluding hydrogens is 471 g/mol. The Labute approximate surface area is 217 Å². The van der Waals surface area contributed by atoms with E-state index in [0.29, 0.717) is 28.6 Å². The molecule has 0 atom stereocenters. The van der Waals surface area contributed by atoms with Gasteiger partial charge >= 0.3 is 11.9 Å². The number of hydrogen-bond donors (Lipinski definition) is 0. The molecule has 0 amide bonds. The lowest BCUT2D eigenvalue weighted by atomic mass is 10.0. The third-order valence-corrected chi connectivity index (χ3v) is 6.51. The van der Waals surface area contributed by atoms with Crippen LogP contribution in [0.15, 0.2) is 18.2 Å². The van der Waals surface area contributed by atoms with Crippen LogP contribution in [0.4, 0.5) is 0 Å². The summed E-state index contributed by atoms with van der Waals surface area (Å²) < 4.78 is 10.5. The quantitative estimate of drug-likeness (QED) is 0.121. The number of halogens is 2. The largest absolute Gasteiger partial charge is 0.466 e. The van der Waals surface area contributed by atoms with E-state index in [9.17, 15) is 9.59 Å². The van der Waals surface area contributed by atoms with Crippen molar-refractivity contribution in [2.24, 2.45) is 0 Å². The predicted molar refractivity (Wildman–Crippen MR) is 141 cm³/mol. The zero-order valence-corrected chi connectivity index (χ0v) is 22.6. The van der Waals surface area contributed by atoms with Gasteiger partial charge in [-0.3, -0.25) is 9.59 Å². The number of carbonyl (C=O) groups excluding carboxylic acids is 2. The monoisotopic (exact) mass is 514 g/mol. The van der Waals surface area contributed by atoms with Gasteiger partial charge in [0, 0.05) is 28.5 Å². The Balaban J connectivity index is 1.87. The molecule has 34 heavy (non-hydrogen) atoms. The first-order valence-electron chi connectivity index (χ1n) is 13.3. The average molecular weight is 516 g/mol. The Morgan fingerprint density at radius 2 is 1.18 bits per heavy atom. The molecule has 0 spiro atoms. The molecule has 1 rings (SSSR count). The molecule has 0 aliphatic heterocycles. The van der Waals surface area contributed by atoms with Gasteiger partial charge in [0.2, 0.25) is 0 Å². The van der Waals surface area contributed by atoms with Crippen molar-refractivity contribution in [1.82, 2.24) is 0 Å². The van der Waals surface area contributed by atoms with E-state index in [1.54, 1.807) is 18.2 Å². The van der Waals surface area contributed by atoms with Crippen LogP contribution in [0.2, 0.25) is 10.0 Å². The van der Waals surface area contributed by atoms with Gasteiger partial charge in [-0.15, -0.1) is 0 Å². The van der Waals surface area contributed by atoms with E-state index >= 15 is 0 Å². The van der Waals surface area contributed by atoms with E-state index < -0.39 is 0 Å². The highest BCUT2D eigenvalue weighted by molar-refractivity contribution is 6.35. The molecule has 6 heteroatoms. The Morgan fingerprint density at radius 3 is 1.71 bits per heavy atom. The van der Waals surface area contributed by atoms with Crippen molar-refractivity contribution in [2.75, 3.05) is 6.61 Å². The molecule has 194 valence electrons. The van der Waals surface area contributed by atoms with Crippen molar-refractivity contribution in [3.8, 4) is 0 Å². The van der Waals surface area contributed by atoms with Crippen LogP contribution in [0.1, 0.15) is 122 Å². The number of benzene rings is 1. The van der Waals surface area contributed by atoms with Gasteiger partial charge in [-0.2, -0.15) is 0 Å². The minimum atomic E-state index is -0.356. The van der Waals surface area contributed by atoms with Crippen LogP contribution in [-0.4, -0.2) is 18.5 Å². The molecule has 0 aromatic heterocycles. The fraction of sp³-hybridized carbons (Fsp3) is 0.714. The predicted octanol–water partition coefficient (Wildman–Crippen LogP) is 9.23. The molecule has 0 radical (unpaired) electrons. The molecule has 1 aromatic carbocycles. The Morgan fingerprint density at radius 1 is 0.676 bits per heavy atom. The molecule has 0 saturated heterocycles. The minimum Gasteiger partial charge on any atom is -0.466 e. The van der Waals surface area contributed by atoms with Crippen LogP contribution in [0.25, 0.3) is 0 Å². The number of unbranched alkanes of at least 4 members (excludes halogenated alkanes) is 13. The van der Waals surface area contributed by atoms with Crippen LogP contribution in [0.5, 0.6) is 0 Å². The third-order valence-electron chi connectivity index (χ3n) is 5.93. The van der Waals surface area contributed by atoms with Gasteiger partial charge in [0.05, 0.1) is 6.61 Å². The van der Waals surface area contributed by atoms with E-state index in [4.69, 9.17) is 32.7 Å². The first-order valence-corrected chi connectivity index (χ1v) is 14.0. The van der Waals surface area contributed by atoms with Gasteiger partial charge < -0.3 is 9.47 Å². The SMILES string of the molecule is CCCCCCCCCCCCCCCCOC(=O)CCCC(=O)OCc1ccc(Cl)cc1Cl. The second kappa shape index (κ2) is 21.1. The summed E-state index contributed by atoms with van der Waals surface area (Å²) in [4.78, 5) is 23.7.